The number of hydrogen-bond acceptors (Lipinski definition) is 3. The first kappa shape index (κ1) is 25.3. The third-order valence-corrected chi connectivity index (χ3v) is 7.90. The second-order valence-corrected chi connectivity index (χ2v) is 10.6. The molecule has 32 heavy (non-hydrogen) atoms. The predicted octanol–water partition coefficient (Wildman–Crippen LogP) is 2.23. The smallest absolute Gasteiger partial charge is 0.324 e. The summed E-state index contributed by atoms with van der Waals surface area (Å²) in [6.07, 6.45) is 7.53. The van der Waals surface area contributed by atoms with Gasteiger partial charge in [0.05, 0.1) is 30.6 Å². The fourth-order valence-corrected chi connectivity index (χ4v) is 6.55. The van der Waals surface area contributed by atoms with Crippen molar-refractivity contribution in [2.45, 2.75) is 45.1 Å². The largest absolute Gasteiger partial charge is 1.00 e. The summed E-state index contributed by atoms with van der Waals surface area (Å²) in [4.78, 5) is 26.0. The molecular formula is C23H30ClIN4O2S. The summed E-state index contributed by atoms with van der Waals surface area (Å²) in [5.41, 5.74) is 7.83. The van der Waals surface area contributed by atoms with E-state index >= 15 is 0 Å². The summed E-state index contributed by atoms with van der Waals surface area (Å²) in [6.45, 7) is 3.07. The van der Waals surface area contributed by atoms with Gasteiger partial charge in [0.1, 0.15) is 11.5 Å². The van der Waals surface area contributed by atoms with Crippen molar-refractivity contribution >= 4 is 45.6 Å². The van der Waals surface area contributed by atoms with Gasteiger partial charge in [0, 0.05) is 23.0 Å². The minimum atomic E-state index is -0.484. The molecule has 1 atom stereocenters. The van der Waals surface area contributed by atoms with Crippen LogP contribution in [0.5, 0.6) is 0 Å². The SMILES string of the molecule is C[N+]1(CC2CCCCC2)CCc2c(sc(NC(=O)Nc3ccc(Cl)cc3)c2C(N)=O)C1.[I-]. The Hall–Kier alpha value is -1.36. The van der Waals surface area contributed by atoms with Gasteiger partial charge in [-0.15, -0.1) is 11.3 Å². The van der Waals surface area contributed by atoms with Crippen molar-refractivity contribution in [2.24, 2.45) is 11.7 Å². The van der Waals surface area contributed by atoms with E-state index in [1.54, 1.807) is 24.3 Å². The number of nitrogens with zero attached hydrogens (tertiary/aromatic N) is 1. The summed E-state index contributed by atoms with van der Waals surface area (Å²) in [6, 6.07) is 6.47. The van der Waals surface area contributed by atoms with Crippen LogP contribution in [0.3, 0.4) is 0 Å². The van der Waals surface area contributed by atoms with Gasteiger partial charge >= 0.3 is 6.03 Å². The summed E-state index contributed by atoms with van der Waals surface area (Å²) < 4.78 is 0.993. The fraction of sp³-hybridized carbons (Fsp3) is 0.478. The maximum Gasteiger partial charge on any atom is 0.324 e. The van der Waals surface area contributed by atoms with Crippen LogP contribution in [0.25, 0.3) is 0 Å². The molecule has 1 aromatic carbocycles. The van der Waals surface area contributed by atoms with Crippen LogP contribution in [0.2, 0.25) is 5.02 Å². The maximum atomic E-state index is 12.5. The number of likely N-dealkylation sites (N-methyl/N-ethyl adjacent to an activating group) is 1. The third-order valence-electron chi connectivity index (χ3n) is 6.52. The normalized spacial score (nSPS) is 20.7. The van der Waals surface area contributed by atoms with E-state index in [0.717, 1.165) is 35.5 Å². The zero-order chi connectivity index (χ0) is 22.0. The highest BCUT2D eigenvalue weighted by Gasteiger charge is 2.36. The van der Waals surface area contributed by atoms with Crippen molar-refractivity contribution in [1.82, 2.24) is 0 Å². The fourth-order valence-electron chi connectivity index (χ4n) is 5.01. The zero-order valence-electron chi connectivity index (χ0n) is 18.3. The van der Waals surface area contributed by atoms with Gasteiger partial charge in [0.2, 0.25) is 0 Å². The van der Waals surface area contributed by atoms with E-state index in [9.17, 15) is 9.59 Å². The molecule has 1 saturated carbocycles. The number of quaternary nitrogens is 1. The van der Waals surface area contributed by atoms with Crippen molar-refractivity contribution in [3.05, 3.63) is 45.3 Å². The van der Waals surface area contributed by atoms with Gasteiger partial charge in [-0.25, -0.2) is 4.79 Å². The second-order valence-electron chi connectivity index (χ2n) is 9.10. The Labute approximate surface area is 215 Å². The van der Waals surface area contributed by atoms with Crippen LogP contribution in [0.4, 0.5) is 15.5 Å². The number of urea groups is 1. The molecule has 4 rings (SSSR count). The first-order valence-electron chi connectivity index (χ1n) is 10.9. The molecule has 0 radical (unpaired) electrons. The highest BCUT2D eigenvalue weighted by molar-refractivity contribution is 7.17. The first-order valence-corrected chi connectivity index (χ1v) is 12.1. The number of fused-ring (bicyclic) bond motifs is 1. The average molecular weight is 589 g/mol. The molecule has 9 heteroatoms. The number of amides is 3. The topological polar surface area (TPSA) is 84.2 Å². The van der Waals surface area contributed by atoms with E-state index in [2.05, 4.69) is 17.7 Å². The molecule has 1 fully saturated rings. The van der Waals surface area contributed by atoms with Gasteiger partial charge in [0.15, 0.2) is 0 Å². The zero-order valence-corrected chi connectivity index (χ0v) is 22.0. The third kappa shape index (κ3) is 5.95. The summed E-state index contributed by atoms with van der Waals surface area (Å²) in [7, 11) is 2.32. The lowest BCUT2D eigenvalue weighted by atomic mass is 9.87. The molecule has 1 aliphatic carbocycles. The standard InChI is InChI=1S/C23H29ClN4O2S.HI/c1-28(13-15-5-3-2-4-6-15)12-11-18-19(14-28)31-22(20(18)21(25)29)27-23(30)26-17-9-7-16(24)8-10-17;/h7-10,15H,2-6,11-14H2,1H3,(H3-,25,26,27,29,30);1H. The molecule has 2 aliphatic rings. The molecule has 0 bridgehead atoms. The molecule has 2 heterocycles. The lowest BCUT2D eigenvalue weighted by molar-refractivity contribution is -0.927. The van der Waals surface area contributed by atoms with Crippen LogP contribution in [0.1, 0.15) is 52.9 Å². The lowest BCUT2D eigenvalue weighted by Gasteiger charge is -2.41. The highest BCUT2D eigenvalue weighted by Crippen LogP contribution is 2.39. The van der Waals surface area contributed by atoms with Gasteiger partial charge in [-0.2, -0.15) is 0 Å². The number of primary amides is 1. The van der Waals surface area contributed by atoms with Crippen molar-refractivity contribution in [3.63, 3.8) is 0 Å². The van der Waals surface area contributed by atoms with Crippen LogP contribution in [0, 0.1) is 5.92 Å². The Morgan fingerprint density at radius 3 is 2.50 bits per heavy atom. The number of hydrogen-bond donors (Lipinski definition) is 3. The van der Waals surface area contributed by atoms with Crippen LogP contribution >= 0.6 is 22.9 Å². The second kappa shape index (κ2) is 10.7. The maximum absolute atomic E-state index is 12.5. The molecule has 1 aromatic heterocycles. The summed E-state index contributed by atoms with van der Waals surface area (Å²) in [5, 5.41) is 6.76. The van der Waals surface area contributed by atoms with Gasteiger partial charge in [-0.1, -0.05) is 30.9 Å². The average Bonchev–Trinajstić information content (AvgIpc) is 3.06. The lowest BCUT2D eigenvalue weighted by Crippen LogP contribution is -3.00. The molecule has 1 unspecified atom stereocenters. The molecule has 4 N–H and O–H groups in total. The number of halogens is 2. The Morgan fingerprint density at radius 1 is 1.16 bits per heavy atom. The quantitative estimate of drug-likeness (QED) is 0.370. The van der Waals surface area contributed by atoms with E-state index in [0.29, 0.717) is 21.3 Å². The molecule has 6 nitrogen and oxygen atoms in total. The van der Waals surface area contributed by atoms with Crippen molar-refractivity contribution in [3.8, 4) is 0 Å². The van der Waals surface area contributed by atoms with E-state index in [4.69, 9.17) is 17.3 Å². The minimum Gasteiger partial charge on any atom is -1.00 e. The number of carbonyl (C=O) groups excluding carboxylic acids is 2. The Kier molecular flexibility index (Phi) is 8.46. The minimum absolute atomic E-state index is 0. The van der Waals surface area contributed by atoms with Gasteiger partial charge in [-0.3, -0.25) is 10.1 Å². The van der Waals surface area contributed by atoms with Crippen LogP contribution in [0.15, 0.2) is 24.3 Å². The summed E-state index contributed by atoms with van der Waals surface area (Å²) >= 11 is 7.38. The van der Waals surface area contributed by atoms with Crippen LogP contribution in [-0.4, -0.2) is 36.6 Å². The molecule has 1 aliphatic heterocycles. The van der Waals surface area contributed by atoms with Crippen LogP contribution in [-0.2, 0) is 13.0 Å². The highest BCUT2D eigenvalue weighted by atomic mass is 127. The Bertz CT molecular complexity index is 975. The number of anilines is 2. The number of benzene rings is 1. The monoisotopic (exact) mass is 588 g/mol. The van der Waals surface area contributed by atoms with Gasteiger partial charge in [0.25, 0.3) is 5.91 Å². The Balaban J connectivity index is 0.00000289. The molecule has 0 spiro atoms. The number of nitrogens with one attached hydrogen (secondary N) is 2. The van der Waals surface area contributed by atoms with Crippen molar-refractivity contribution in [1.29, 1.82) is 0 Å². The molecule has 2 aromatic rings. The van der Waals surface area contributed by atoms with E-state index in [1.165, 1.54) is 54.9 Å². The predicted molar refractivity (Wildman–Crippen MR) is 127 cm³/mol. The number of rotatable bonds is 5. The molecular weight excluding hydrogens is 559 g/mol. The molecule has 0 saturated heterocycles. The van der Waals surface area contributed by atoms with Crippen molar-refractivity contribution < 1.29 is 38.0 Å². The van der Waals surface area contributed by atoms with E-state index in [-0.39, 0.29) is 24.0 Å². The summed E-state index contributed by atoms with van der Waals surface area (Å²) in [5.74, 6) is 0.307. The van der Waals surface area contributed by atoms with E-state index < -0.39 is 11.9 Å². The van der Waals surface area contributed by atoms with Gasteiger partial charge in [-0.05, 0) is 42.7 Å². The van der Waals surface area contributed by atoms with Gasteiger partial charge < -0.3 is 39.5 Å². The Morgan fingerprint density at radius 2 is 1.84 bits per heavy atom. The number of nitrogens with two attached hydrogens (primary N) is 1. The number of thiophene rings is 1. The molecule has 3 amide bonds. The van der Waals surface area contributed by atoms with Crippen LogP contribution < -0.4 is 40.3 Å². The number of carbonyl (C=O) groups is 2. The molecule has 174 valence electrons. The van der Waals surface area contributed by atoms with E-state index in [1.807, 2.05) is 0 Å². The first-order chi connectivity index (χ1) is 14.8. The van der Waals surface area contributed by atoms with Crippen molar-refractivity contribution in [2.75, 3.05) is 30.8 Å².